The summed E-state index contributed by atoms with van der Waals surface area (Å²) >= 11 is 1.58. The monoisotopic (exact) mass is 415 g/mol. The van der Waals surface area contributed by atoms with Crippen molar-refractivity contribution in [2.75, 3.05) is 38.4 Å². The topological polar surface area (TPSA) is 72.9 Å². The number of nitrogens with one attached hydrogen (secondary N) is 1. The second-order valence-corrected chi connectivity index (χ2v) is 8.81. The molecule has 29 heavy (non-hydrogen) atoms. The quantitative estimate of drug-likeness (QED) is 0.780. The number of rotatable bonds is 6. The Balaban J connectivity index is 1.30. The van der Waals surface area contributed by atoms with Crippen LogP contribution in [0.25, 0.3) is 0 Å². The second-order valence-electron chi connectivity index (χ2n) is 7.74. The van der Waals surface area contributed by atoms with Gasteiger partial charge in [-0.15, -0.1) is 11.3 Å². The molecular formula is C21H25N3O4S. The zero-order chi connectivity index (χ0) is 19.8. The first-order valence-corrected chi connectivity index (χ1v) is 11.0. The standard InChI is InChI=1S/C21H25N3O4S/c1-2-15(24-7-9-26-10-8-24)18-12-22-20(29-18)23-19(25)21(5-6-21)14-3-4-16-17(11-14)28-13-27-16/h3-4,11-12,15H,2,5-10,13H2,1H3,(H,22,23,25). The lowest BCUT2D eigenvalue weighted by atomic mass is 9.94. The van der Waals surface area contributed by atoms with E-state index in [1.54, 1.807) is 11.3 Å². The number of hydrogen-bond donors (Lipinski definition) is 1. The molecule has 1 amide bonds. The predicted molar refractivity (Wildman–Crippen MR) is 110 cm³/mol. The molecule has 154 valence electrons. The highest BCUT2D eigenvalue weighted by atomic mass is 32.1. The molecule has 0 bridgehead atoms. The van der Waals surface area contributed by atoms with Gasteiger partial charge in [-0.1, -0.05) is 13.0 Å². The molecule has 1 aromatic carbocycles. The number of morpholine rings is 1. The van der Waals surface area contributed by atoms with Gasteiger partial charge in [-0.25, -0.2) is 4.98 Å². The molecule has 1 saturated carbocycles. The third-order valence-corrected chi connectivity index (χ3v) is 7.07. The van der Waals surface area contributed by atoms with Crippen LogP contribution in [-0.4, -0.2) is 48.9 Å². The van der Waals surface area contributed by atoms with Crippen LogP contribution in [0.15, 0.2) is 24.4 Å². The number of hydrogen-bond acceptors (Lipinski definition) is 7. The van der Waals surface area contributed by atoms with Gasteiger partial charge in [0.1, 0.15) is 0 Å². The Kier molecular flexibility index (Phi) is 4.93. The number of benzene rings is 1. The molecule has 0 radical (unpaired) electrons. The van der Waals surface area contributed by atoms with Gasteiger partial charge in [0.2, 0.25) is 12.7 Å². The van der Waals surface area contributed by atoms with Crippen molar-refractivity contribution < 1.29 is 19.0 Å². The van der Waals surface area contributed by atoms with Crippen molar-refractivity contribution in [2.45, 2.75) is 37.6 Å². The summed E-state index contributed by atoms with van der Waals surface area (Å²) in [6.45, 7) is 5.85. The fourth-order valence-electron chi connectivity index (χ4n) is 4.21. The number of fused-ring (bicyclic) bond motifs is 1. The largest absolute Gasteiger partial charge is 0.454 e. The van der Waals surface area contributed by atoms with Crippen molar-refractivity contribution in [1.82, 2.24) is 9.88 Å². The summed E-state index contributed by atoms with van der Waals surface area (Å²) in [6.07, 6.45) is 4.59. The van der Waals surface area contributed by atoms with E-state index >= 15 is 0 Å². The van der Waals surface area contributed by atoms with Crippen molar-refractivity contribution >= 4 is 22.4 Å². The molecular weight excluding hydrogens is 390 g/mol. The minimum Gasteiger partial charge on any atom is -0.454 e. The van der Waals surface area contributed by atoms with Crippen molar-refractivity contribution in [3.05, 3.63) is 34.8 Å². The molecule has 2 fully saturated rings. The van der Waals surface area contributed by atoms with Crippen LogP contribution in [0.1, 0.15) is 42.7 Å². The van der Waals surface area contributed by atoms with Gasteiger partial charge in [-0.2, -0.15) is 0 Å². The van der Waals surface area contributed by atoms with Gasteiger partial charge in [0.25, 0.3) is 0 Å². The third-order valence-electron chi connectivity index (χ3n) is 6.06. The highest BCUT2D eigenvalue weighted by Gasteiger charge is 2.52. The van der Waals surface area contributed by atoms with Crippen LogP contribution in [0.5, 0.6) is 11.5 Å². The van der Waals surface area contributed by atoms with Crippen LogP contribution in [0.4, 0.5) is 5.13 Å². The normalized spacial score (nSPS) is 21.0. The Morgan fingerprint density at radius 1 is 1.28 bits per heavy atom. The van der Waals surface area contributed by atoms with Gasteiger partial charge < -0.3 is 19.5 Å². The number of aromatic nitrogens is 1. The van der Waals surface area contributed by atoms with Crippen LogP contribution < -0.4 is 14.8 Å². The lowest BCUT2D eigenvalue weighted by Gasteiger charge is -2.33. The van der Waals surface area contributed by atoms with Gasteiger partial charge in [0, 0.05) is 30.2 Å². The average Bonchev–Trinajstić information content (AvgIpc) is 3.21. The molecule has 3 aliphatic rings. The summed E-state index contributed by atoms with van der Waals surface area (Å²) in [5.41, 5.74) is 0.497. The van der Waals surface area contributed by atoms with Crippen LogP contribution in [0.3, 0.4) is 0 Å². The molecule has 1 N–H and O–H groups in total. The molecule has 1 aromatic heterocycles. The zero-order valence-electron chi connectivity index (χ0n) is 16.5. The van der Waals surface area contributed by atoms with Crippen molar-refractivity contribution in [3.8, 4) is 11.5 Å². The molecule has 2 aromatic rings. The number of nitrogens with zero attached hydrogens (tertiary/aromatic N) is 2. The maximum absolute atomic E-state index is 13.1. The average molecular weight is 416 g/mol. The predicted octanol–water partition coefficient (Wildman–Crippen LogP) is 3.33. The first-order chi connectivity index (χ1) is 14.2. The fraction of sp³-hybridized carbons (Fsp3) is 0.524. The third kappa shape index (κ3) is 3.49. The molecule has 2 aliphatic heterocycles. The summed E-state index contributed by atoms with van der Waals surface area (Å²) < 4.78 is 16.3. The van der Waals surface area contributed by atoms with Gasteiger partial charge >= 0.3 is 0 Å². The summed E-state index contributed by atoms with van der Waals surface area (Å²) in [5, 5.41) is 3.74. The second kappa shape index (κ2) is 7.59. The van der Waals surface area contributed by atoms with E-state index in [9.17, 15) is 4.79 Å². The van der Waals surface area contributed by atoms with Gasteiger partial charge in [-0.05, 0) is 37.0 Å². The number of ether oxygens (including phenoxy) is 3. The van der Waals surface area contributed by atoms with Crippen LogP contribution in [-0.2, 0) is 14.9 Å². The molecule has 3 heterocycles. The Morgan fingerprint density at radius 3 is 2.83 bits per heavy atom. The van der Waals surface area contributed by atoms with E-state index in [-0.39, 0.29) is 12.7 Å². The molecule has 5 rings (SSSR count). The molecule has 0 spiro atoms. The first-order valence-electron chi connectivity index (χ1n) is 10.2. The number of anilines is 1. The zero-order valence-corrected chi connectivity index (χ0v) is 17.3. The SMILES string of the molecule is CCC(c1cnc(NC(=O)C2(c3ccc4c(c3)OCO4)CC2)s1)N1CCOCC1. The minimum absolute atomic E-state index is 0.0108. The lowest BCUT2D eigenvalue weighted by molar-refractivity contribution is -0.118. The highest BCUT2D eigenvalue weighted by molar-refractivity contribution is 7.15. The summed E-state index contributed by atoms with van der Waals surface area (Å²) in [7, 11) is 0. The van der Waals surface area contributed by atoms with Crippen molar-refractivity contribution in [2.24, 2.45) is 0 Å². The molecule has 1 unspecified atom stereocenters. The number of thiazole rings is 1. The van der Waals surface area contributed by atoms with E-state index in [1.165, 1.54) is 4.88 Å². The van der Waals surface area contributed by atoms with E-state index in [1.807, 2.05) is 24.4 Å². The summed E-state index contributed by atoms with van der Waals surface area (Å²) in [4.78, 5) is 21.2. The number of amides is 1. The molecule has 1 atom stereocenters. The van der Waals surface area contributed by atoms with Crippen molar-refractivity contribution in [1.29, 1.82) is 0 Å². The number of carbonyl (C=O) groups excluding carboxylic acids is 1. The van der Waals surface area contributed by atoms with E-state index in [2.05, 4.69) is 22.1 Å². The Hall–Kier alpha value is -2.16. The van der Waals surface area contributed by atoms with Crippen LogP contribution in [0, 0.1) is 0 Å². The summed E-state index contributed by atoms with van der Waals surface area (Å²) in [6, 6.07) is 6.12. The van der Waals surface area contributed by atoms with Gasteiger partial charge in [-0.3, -0.25) is 9.69 Å². The van der Waals surface area contributed by atoms with E-state index in [0.717, 1.165) is 62.6 Å². The smallest absolute Gasteiger partial charge is 0.236 e. The summed E-state index contributed by atoms with van der Waals surface area (Å²) in [5.74, 6) is 1.47. The Bertz CT molecular complexity index is 905. The molecule has 1 saturated heterocycles. The van der Waals surface area contributed by atoms with Gasteiger partial charge in [0.15, 0.2) is 16.6 Å². The number of carbonyl (C=O) groups is 1. The Morgan fingerprint density at radius 2 is 2.07 bits per heavy atom. The molecule has 8 heteroatoms. The van der Waals surface area contributed by atoms with E-state index in [4.69, 9.17) is 14.2 Å². The maximum atomic E-state index is 13.1. The van der Waals surface area contributed by atoms with Crippen molar-refractivity contribution in [3.63, 3.8) is 0 Å². The minimum atomic E-state index is -0.485. The van der Waals surface area contributed by atoms with Crippen LogP contribution >= 0.6 is 11.3 Å². The van der Waals surface area contributed by atoms with E-state index in [0.29, 0.717) is 11.2 Å². The van der Waals surface area contributed by atoms with Gasteiger partial charge in [0.05, 0.1) is 18.6 Å². The highest BCUT2D eigenvalue weighted by Crippen LogP contribution is 2.51. The first kappa shape index (κ1) is 18.8. The Labute approximate surface area is 174 Å². The van der Waals surface area contributed by atoms with Crippen LogP contribution in [0.2, 0.25) is 0 Å². The van der Waals surface area contributed by atoms with E-state index < -0.39 is 5.41 Å². The molecule has 7 nitrogen and oxygen atoms in total. The molecule has 1 aliphatic carbocycles. The fourth-order valence-corrected chi connectivity index (χ4v) is 5.24. The lowest BCUT2D eigenvalue weighted by Crippen LogP contribution is -2.38. The maximum Gasteiger partial charge on any atom is 0.236 e.